The molecule has 1 aliphatic rings. The molecule has 0 spiro atoms. The molecule has 110 valence electrons. The van der Waals surface area contributed by atoms with Gasteiger partial charge in [0.25, 0.3) is 0 Å². The van der Waals surface area contributed by atoms with Crippen LogP contribution in [0.15, 0.2) is 42.6 Å². The smallest absolute Gasteiger partial charge is 0.149 e. The largest absolute Gasteiger partial charge is 0.379 e. The predicted octanol–water partition coefficient (Wildman–Crippen LogP) is 3.28. The summed E-state index contributed by atoms with van der Waals surface area (Å²) in [6, 6.07) is 11.4. The molecule has 1 fully saturated rings. The quantitative estimate of drug-likeness (QED) is 0.866. The predicted molar refractivity (Wildman–Crippen MR) is 80.4 cm³/mol. The van der Waals surface area contributed by atoms with Crippen LogP contribution in [0.5, 0.6) is 0 Å². The molecule has 0 radical (unpaired) electrons. The van der Waals surface area contributed by atoms with Gasteiger partial charge in [-0.05, 0) is 24.6 Å². The zero-order valence-corrected chi connectivity index (χ0v) is 12.1. The van der Waals surface area contributed by atoms with Crippen molar-refractivity contribution in [2.45, 2.75) is 13.0 Å². The number of hydrogen-bond donors (Lipinski definition) is 0. The number of ether oxygens (including phenoxy) is 1. The number of hydrogen-bond acceptors (Lipinski definition) is 3. The topological polar surface area (TPSA) is 25.4 Å². The van der Waals surface area contributed by atoms with Crippen molar-refractivity contribution in [1.82, 2.24) is 9.88 Å². The molecule has 0 bridgehead atoms. The molecule has 0 aliphatic carbocycles. The summed E-state index contributed by atoms with van der Waals surface area (Å²) in [7, 11) is 0. The van der Waals surface area contributed by atoms with Crippen LogP contribution in [0, 0.1) is 5.82 Å². The first kappa shape index (κ1) is 14.2. The number of morpholine rings is 1. The minimum absolute atomic E-state index is 0.286. The number of aromatic nitrogens is 1. The molecular formula is C17H19FN2O. The number of halogens is 1. The number of benzene rings is 1. The molecule has 1 atom stereocenters. The number of rotatable bonds is 3. The van der Waals surface area contributed by atoms with E-state index >= 15 is 0 Å². The molecule has 1 aromatic heterocycles. The van der Waals surface area contributed by atoms with E-state index in [0.717, 1.165) is 31.9 Å². The van der Waals surface area contributed by atoms with E-state index in [1.54, 1.807) is 12.3 Å². The highest BCUT2D eigenvalue weighted by Crippen LogP contribution is 2.25. The van der Waals surface area contributed by atoms with Gasteiger partial charge in [-0.3, -0.25) is 9.88 Å². The summed E-state index contributed by atoms with van der Waals surface area (Å²) in [5, 5.41) is 0. The van der Waals surface area contributed by atoms with Crippen LogP contribution >= 0.6 is 0 Å². The van der Waals surface area contributed by atoms with Crippen molar-refractivity contribution in [1.29, 1.82) is 0 Å². The molecule has 1 unspecified atom stereocenters. The minimum atomic E-state index is -0.286. The summed E-state index contributed by atoms with van der Waals surface area (Å²) >= 11 is 0. The van der Waals surface area contributed by atoms with Gasteiger partial charge in [-0.2, -0.15) is 0 Å². The van der Waals surface area contributed by atoms with Gasteiger partial charge in [0.05, 0.1) is 13.2 Å². The van der Waals surface area contributed by atoms with E-state index in [9.17, 15) is 4.39 Å². The zero-order chi connectivity index (χ0) is 14.7. The number of nitrogens with zero attached hydrogens (tertiary/aromatic N) is 2. The van der Waals surface area contributed by atoms with Crippen molar-refractivity contribution in [3.8, 4) is 11.3 Å². The second-order valence-electron chi connectivity index (χ2n) is 5.28. The summed E-state index contributed by atoms with van der Waals surface area (Å²) in [5.74, 6) is -0.286. The molecule has 2 heterocycles. The van der Waals surface area contributed by atoms with Crippen molar-refractivity contribution in [2.24, 2.45) is 0 Å². The van der Waals surface area contributed by atoms with Crippen LogP contribution in [0.25, 0.3) is 11.3 Å². The average Bonchev–Trinajstić information content (AvgIpc) is 2.56. The van der Waals surface area contributed by atoms with Crippen molar-refractivity contribution in [2.75, 3.05) is 26.3 Å². The summed E-state index contributed by atoms with van der Waals surface area (Å²) in [6.07, 6.45) is 1.61. The Labute approximate surface area is 124 Å². The fraction of sp³-hybridized carbons (Fsp3) is 0.353. The Morgan fingerprint density at radius 1 is 1.14 bits per heavy atom. The number of pyridine rings is 1. The standard InChI is InChI=1S/C17H19FN2O/c1-13(20-9-11-21-12-10-20)14-4-6-15(7-5-14)17-16(18)3-2-8-19-17/h2-8,13H,9-12H2,1H3. The van der Waals surface area contributed by atoms with E-state index in [4.69, 9.17) is 4.74 Å². The Bertz CT molecular complexity index is 594. The van der Waals surface area contributed by atoms with Gasteiger partial charge in [0.2, 0.25) is 0 Å². The van der Waals surface area contributed by atoms with Crippen LogP contribution in [0.2, 0.25) is 0 Å². The molecular weight excluding hydrogens is 267 g/mol. The molecule has 21 heavy (non-hydrogen) atoms. The van der Waals surface area contributed by atoms with Crippen LogP contribution in [-0.4, -0.2) is 36.2 Å². The molecule has 0 saturated carbocycles. The lowest BCUT2D eigenvalue weighted by molar-refractivity contribution is 0.0198. The van der Waals surface area contributed by atoms with Gasteiger partial charge in [-0.1, -0.05) is 24.3 Å². The third kappa shape index (κ3) is 3.12. The van der Waals surface area contributed by atoms with Gasteiger partial charge in [-0.15, -0.1) is 0 Å². The van der Waals surface area contributed by atoms with Crippen molar-refractivity contribution in [3.63, 3.8) is 0 Å². The van der Waals surface area contributed by atoms with Crippen LogP contribution < -0.4 is 0 Å². The molecule has 3 nitrogen and oxygen atoms in total. The highest BCUT2D eigenvalue weighted by atomic mass is 19.1. The molecule has 1 aromatic carbocycles. The van der Waals surface area contributed by atoms with Gasteiger partial charge in [0.15, 0.2) is 0 Å². The van der Waals surface area contributed by atoms with Crippen LogP contribution in [0.3, 0.4) is 0 Å². The van der Waals surface area contributed by atoms with Gasteiger partial charge in [0.1, 0.15) is 11.5 Å². The average molecular weight is 286 g/mol. The first-order valence-electron chi connectivity index (χ1n) is 7.28. The van der Waals surface area contributed by atoms with E-state index < -0.39 is 0 Å². The third-order valence-electron chi connectivity index (χ3n) is 4.02. The second-order valence-corrected chi connectivity index (χ2v) is 5.28. The molecule has 0 amide bonds. The van der Waals surface area contributed by atoms with Crippen molar-refractivity contribution < 1.29 is 9.13 Å². The maximum atomic E-state index is 13.7. The lowest BCUT2D eigenvalue weighted by atomic mass is 10.0. The Hall–Kier alpha value is -1.78. The van der Waals surface area contributed by atoms with Gasteiger partial charge in [0, 0.05) is 30.9 Å². The van der Waals surface area contributed by atoms with Gasteiger partial charge in [-0.25, -0.2) is 4.39 Å². The van der Waals surface area contributed by atoms with E-state index in [0.29, 0.717) is 11.7 Å². The Kier molecular flexibility index (Phi) is 4.27. The monoisotopic (exact) mass is 286 g/mol. The summed E-state index contributed by atoms with van der Waals surface area (Å²) in [6.45, 7) is 5.69. The highest BCUT2D eigenvalue weighted by Gasteiger charge is 2.18. The van der Waals surface area contributed by atoms with E-state index in [1.165, 1.54) is 11.6 Å². The second kappa shape index (κ2) is 6.33. The summed E-state index contributed by atoms with van der Waals surface area (Å²) in [4.78, 5) is 6.51. The Morgan fingerprint density at radius 2 is 1.86 bits per heavy atom. The molecule has 4 heteroatoms. The molecule has 3 rings (SSSR count). The van der Waals surface area contributed by atoms with Gasteiger partial charge < -0.3 is 4.74 Å². The Morgan fingerprint density at radius 3 is 2.52 bits per heavy atom. The van der Waals surface area contributed by atoms with Gasteiger partial charge >= 0.3 is 0 Å². The maximum Gasteiger partial charge on any atom is 0.149 e. The summed E-state index contributed by atoms with van der Waals surface area (Å²) in [5.41, 5.74) is 2.45. The fourth-order valence-electron chi connectivity index (χ4n) is 2.69. The molecule has 0 N–H and O–H groups in total. The van der Waals surface area contributed by atoms with E-state index in [1.807, 2.05) is 12.1 Å². The zero-order valence-electron chi connectivity index (χ0n) is 12.1. The normalized spacial score (nSPS) is 17.6. The van der Waals surface area contributed by atoms with Crippen molar-refractivity contribution >= 4 is 0 Å². The molecule has 1 saturated heterocycles. The lowest BCUT2D eigenvalue weighted by Gasteiger charge is -2.32. The first-order chi connectivity index (χ1) is 10.3. The van der Waals surface area contributed by atoms with Crippen LogP contribution in [-0.2, 0) is 4.74 Å². The lowest BCUT2D eigenvalue weighted by Crippen LogP contribution is -2.37. The highest BCUT2D eigenvalue weighted by molar-refractivity contribution is 5.59. The maximum absolute atomic E-state index is 13.7. The van der Waals surface area contributed by atoms with Crippen LogP contribution in [0.4, 0.5) is 4.39 Å². The van der Waals surface area contributed by atoms with E-state index in [2.05, 4.69) is 28.9 Å². The molecule has 1 aliphatic heterocycles. The molecule has 2 aromatic rings. The van der Waals surface area contributed by atoms with Crippen molar-refractivity contribution in [3.05, 3.63) is 54.0 Å². The van der Waals surface area contributed by atoms with Crippen LogP contribution in [0.1, 0.15) is 18.5 Å². The SMILES string of the molecule is CC(c1ccc(-c2ncccc2F)cc1)N1CCOCC1. The third-order valence-corrected chi connectivity index (χ3v) is 4.02. The Balaban J connectivity index is 1.79. The fourth-order valence-corrected chi connectivity index (χ4v) is 2.69. The minimum Gasteiger partial charge on any atom is -0.379 e. The summed E-state index contributed by atoms with van der Waals surface area (Å²) < 4.78 is 19.1. The first-order valence-corrected chi connectivity index (χ1v) is 7.28. The van der Waals surface area contributed by atoms with E-state index in [-0.39, 0.29) is 5.82 Å².